The van der Waals surface area contributed by atoms with Crippen molar-refractivity contribution in [3.8, 4) is 0 Å². The van der Waals surface area contributed by atoms with E-state index in [9.17, 15) is 18.0 Å². The number of ether oxygens (including phenoxy) is 2. The summed E-state index contributed by atoms with van der Waals surface area (Å²) in [4.78, 5) is 26.2. The molecule has 2 heterocycles. The Bertz CT molecular complexity index is 794. The first-order chi connectivity index (χ1) is 13.4. The number of sulfonamides is 1. The first-order valence-corrected chi connectivity index (χ1v) is 10.9. The predicted molar refractivity (Wildman–Crippen MR) is 101 cm³/mol. The summed E-state index contributed by atoms with van der Waals surface area (Å²) < 4.78 is 36.8. The highest BCUT2D eigenvalue weighted by Crippen LogP contribution is 2.19. The zero-order chi connectivity index (χ0) is 20.1. The van der Waals surface area contributed by atoms with Gasteiger partial charge in [-0.25, -0.2) is 13.2 Å². The van der Waals surface area contributed by atoms with Crippen molar-refractivity contribution in [3.05, 3.63) is 29.8 Å². The Morgan fingerprint density at radius 1 is 1.07 bits per heavy atom. The van der Waals surface area contributed by atoms with Crippen LogP contribution in [0.15, 0.2) is 29.2 Å². The predicted octanol–water partition coefficient (Wildman–Crippen LogP) is 1.12. The average Bonchev–Trinajstić information content (AvgIpc) is 2.73. The topological polar surface area (TPSA) is 93.2 Å². The van der Waals surface area contributed by atoms with Crippen molar-refractivity contribution >= 4 is 21.9 Å². The van der Waals surface area contributed by atoms with Crippen molar-refractivity contribution in [2.45, 2.75) is 24.7 Å². The van der Waals surface area contributed by atoms with Crippen molar-refractivity contribution in [3.63, 3.8) is 0 Å². The summed E-state index contributed by atoms with van der Waals surface area (Å²) in [6.45, 7) is 4.58. The molecule has 0 spiro atoms. The first-order valence-electron chi connectivity index (χ1n) is 9.51. The number of benzene rings is 1. The summed E-state index contributed by atoms with van der Waals surface area (Å²) in [7, 11) is -3.61. The molecule has 0 saturated carbocycles. The molecule has 0 N–H and O–H groups in total. The Kier molecular flexibility index (Phi) is 6.69. The smallest absolute Gasteiger partial charge is 0.338 e. The lowest BCUT2D eigenvalue weighted by Crippen LogP contribution is -2.40. The van der Waals surface area contributed by atoms with Crippen LogP contribution in [0.3, 0.4) is 0 Å². The normalized spacial score (nSPS) is 19.4. The molecule has 2 saturated heterocycles. The molecule has 154 valence electrons. The molecule has 9 heteroatoms. The minimum absolute atomic E-state index is 0.115. The summed E-state index contributed by atoms with van der Waals surface area (Å²) in [5.41, 5.74) is 0.209. The number of carbonyl (C=O) groups is 2. The van der Waals surface area contributed by atoms with Gasteiger partial charge in [0.1, 0.15) is 0 Å². The summed E-state index contributed by atoms with van der Waals surface area (Å²) >= 11 is 0. The van der Waals surface area contributed by atoms with Gasteiger partial charge in [0.15, 0.2) is 6.61 Å². The molecule has 0 aliphatic carbocycles. The fraction of sp³-hybridized carbons (Fsp3) is 0.579. The average molecular weight is 410 g/mol. The molecular formula is C19H26N2O6S. The van der Waals surface area contributed by atoms with Gasteiger partial charge >= 0.3 is 5.97 Å². The van der Waals surface area contributed by atoms with Crippen LogP contribution in [0.4, 0.5) is 0 Å². The molecular weight excluding hydrogens is 384 g/mol. The van der Waals surface area contributed by atoms with E-state index in [-0.39, 0.29) is 23.0 Å². The molecule has 28 heavy (non-hydrogen) atoms. The van der Waals surface area contributed by atoms with Gasteiger partial charge in [-0.2, -0.15) is 4.31 Å². The maximum atomic E-state index is 12.6. The van der Waals surface area contributed by atoms with E-state index in [1.807, 2.05) is 0 Å². The van der Waals surface area contributed by atoms with E-state index in [0.717, 1.165) is 12.8 Å². The van der Waals surface area contributed by atoms with Gasteiger partial charge in [-0.3, -0.25) is 4.79 Å². The monoisotopic (exact) mass is 410 g/mol. The highest BCUT2D eigenvalue weighted by atomic mass is 32.2. The number of carbonyl (C=O) groups excluding carboxylic acids is 2. The lowest BCUT2D eigenvalue weighted by molar-refractivity contribution is -0.135. The maximum Gasteiger partial charge on any atom is 0.338 e. The molecule has 2 fully saturated rings. The van der Waals surface area contributed by atoms with Gasteiger partial charge in [0.2, 0.25) is 10.0 Å². The molecule has 1 aromatic rings. The van der Waals surface area contributed by atoms with Crippen molar-refractivity contribution in [2.75, 3.05) is 46.0 Å². The lowest BCUT2D eigenvalue weighted by atomic mass is 9.99. The van der Waals surface area contributed by atoms with E-state index in [0.29, 0.717) is 45.3 Å². The molecule has 0 radical (unpaired) electrons. The van der Waals surface area contributed by atoms with E-state index in [1.54, 1.807) is 4.90 Å². The Labute approximate surface area is 165 Å². The van der Waals surface area contributed by atoms with Crippen LogP contribution in [0.25, 0.3) is 0 Å². The largest absolute Gasteiger partial charge is 0.452 e. The second kappa shape index (κ2) is 9.02. The highest BCUT2D eigenvalue weighted by Gasteiger charge is 2.26. The molecule has 2 aliphatic heterocycles. The molecule has 1 aromatic carbocycles. The number of rotatable bonds is 5. The van der Waals surface area contributed by atoms with Gasteiger partial charge in [0, 0.05) is 26.2 Å². The summed E-state index contributed by atoms with van der Waals surface area (Å²) in [5.74, 6) is -0.236. The van der Waals surface area contributed by atoms with Gasteiger partial charge in [-0.1, -0.05) is 6.92 Å². The van der Waals surface area contributed by atoms with Gasteiger partial charge in [-0.05, 0) is 43.0 Å². The molecule has 3 rings (SSSR count). The van der Waals surface area contributed by atoms with E-state index >= 15 is 0 Å². The molecule has 8 nitrogen and oxygen atoms in total. The number of likely N-dealkylation sites (tertiary alicyclic amines) is 1. The van der Waals surface area contributed by atoms with Crippen LogP contribution in [-0.2, 0) is 24.3 Å². The third kappa shape index (κ3) is 4.89. The van der Waals surface area contributed by atoms with Crippen LogP contribution in [0, 0.1) is 5.92 Å². The van der Waals surface area contributed by atoms with E-state index in [2.05, 4.69) is 6.92 Å². The molecule has 1 amide bonds. The Hall–Kier alpha value is -1.97. The van der Waals surface area contributed by atoms with E-state index < -0.39 is 16.0 Å². The van der Waals surface area contributed by atoms with Crippen molar-refractivity contribution in [2.24, 2.45) is 5.92 Å². The second-order valence-electron chi connectivity index (χ2n) is 7.18. The Morgan fingerprint density at radius 3 is 2.29 bits per heavy atom. The standard InChI is InChI=1S/C19H26N2O6S/c1-15-6-8-20(9-7-15)18(22)14-27-19(23)16-2-4-17(5-3-16)28(24,25)21-10-12-26-13-11-21/h2-5,15H,6-14H2,1H3. The Morgan fingerprint density at radius 2 is 1.68 bits per heavy atom. The number of esters is 1. The zero-order valence-electron chi connectivity index (χ0n) is 16.0. The summed E-state index contributed by atoms with van der Waals surface area (Å²) in [6, 6.07) is 5.58. The number of amides is 1. The zero-order valence-corrected chi connectivity index (χ0v) is 16.8. The van der Waals surface area contributed by atoms with Crippen LogP contribution in [0.1, 0.15) is 30.1 Å². The molecule has 0 unspecified atom stereocenters. The fourth-order valence-corrected chi connectivity index (χ4v) is 4.67. The van der Waals surface area contributed by atoms with Crippen LogP contribution in [-0.4, -0.2) is 75.5 Å². The summed E-state index contributed by atoms with van der Waals surface area (Å²) in [6.07, 6.45) is 1.91. The summed E-state index contributed by atoms with van der Waals surface area (Å²) in [5, 5.41) is 0. The minimum Gasteiger partial charge on any atom is -0.452 e. The number of morpholine rings is 1. The van der Waals surface area contributed by atoms with Crippen LogP contribution >= 0.6 is 0 Å². The van der Waals surface area contributed by atoms with Crippen LogP contribution in [0.2, 0.25) is 0 Å². The van der Waals surface area contributed by atoms with Crippen molar-refractivity contribution < 1.29 is 27.5 Å². The number of nitrogens with zero attached hydrogens (tertiary/aromatic N) is 2. The van der Waals surface area contributed by atoms with Crippen molar-refractivity contribution in [1.29, 1.82) is 0 Å². The van der Waals surface area contributed by atoms with Gasteiger partial charge in [0.25, 0.3) is 5.91 Å². The van der Waals surface area contributed by atoms with Crippen molar-refractivity contribution in [1.82, 2.24) is 9.21 Å². The maximum absolute atomic E-state index is 12.6. The SMILES string of the molecule is CC1CCN(C(=O)COC(=O)c2ccc(S(=O)(=O)N3CCOCC3)cc2)CC1. The lowest BCUT2D eigenvalue weighted by Gasteiger charge is -2.30. The van der Waals surface area contributed by atoms with E-state index in [1.165, 1.54) is 28.6 Å². The number of piperidine rings is 1. The third-order valence-corrected chi connectivity index (χ3v) is 7.07. The van der Waals surface area contributed by atoms with Gasteiger partial charge in [-0.15, -0.1) is 0 Å². The Balaban J connectivity index is 1.55. The molecule has 0 atom stereocenters. The van der Waals surface area contributed by atoms with Crippen LogP contribution in [0.5, 0.6) is 0 Å². The third-order valence-electron chi connectivity index (χ3n) is 5.16. The molecule has 0 bridgehead atoms. The fourth-order valence-electron chi connectivity index (χ4n) is 3.26. The van der Waals surface area contributed by atoms with E-state index in [4.69, 9.17) is 9.47 Å². The number of hydrogen-bond donors (Lipinski definition) is 0. The second-order valence-corrected chi connectivity index (χ2v) is 9.12. The minimum atomic E-state index is -3.61. The quantitative estimate of drug-likeness (QED) is 0.676. The van der Waals surface area contributed by atoms with Gasteiger partial charge < -0.3 is 14.4 Å². The van der Waals surface area contributed by atoms with Gasteiger partial charge in [0.05, 0.1) is 23.7 Å². The van der Waals surface area contributed by atoms with Crippen LogP contribution < -0.4 is 0 Å². The molecule has 0 aromatic heterocycles. The first kappa shape index (κ1) is 20.8. The molecule has 2 aliphatic rings. The number of hydrogen-bond acceptors (Lipinski definition) is 6. The highest BCUT2D eigenvalue weighted by molar-refractivity contribution is 7.89.